The van der Waals surface area contributed by atoms with Crippen molar-refractivity contribution in [3.05, 3.63) is 34.2 Å². The number of benzene rings is 1. The number of imidazole rings is 1. The molecule has 0 bridgehead atoms. The van der Waals surface area contributed by atoms with Gasteiger partial charge in [0.15, 0.2) is 0 Å². The molecule has 1 aromatic heterocycles. The summed E-state index contributed by atoms with van der Waals surface area (Å²) in [5.41, 5.74) is 1.20. The van der Waals surface area contributed by atoms with Crippen molar-refractivity contribution < 1.29 is 14.6 Å². The number of H-pyrrole nitrogens is 1. The van der Waals surface area contributed by atoms with Crippen LogP contribution >= 0.6 is 0 Å². The molecular formula is C14H18N2O4. The molecule has 0 radical (unpaired) electrons. The van der Waals surface area contributed by atoms with E-state index in [2.05, 4.69) is 4.98 Å². The Morgan fingerprint density at radius 2 is 2.20 bits per heavy atom. The smallest absolute Gasteiger partial charge is 0.335 e. The van der Waals surface area contributed by atoms with Crippen LogP contribution in [0.4, 0.5) is 0 Å². The number of fused-ring (bicyclic) bond motifs is 1. The first kappa shape index (κ1) is 14.3. The molecule has 0 unspecified atom stereocenters. The van der Waals surface area contributed by atoms with Gasteiger partial charge in [-0.2, -0.15) is 0 Å². The van der Waals surface area contributed by atoms with Crippen molar-refractivity contribution >= 4 is 17.0 Å². The first-order valence-electron chi connectivity index (χ1n) is 6.67. The van der Waals surface area contributed by atoms with Crippen LogP contribution in [0.15, 0.2) is 23.0 Å². The van der Waals surface area contributed by atoms with Gasteiger partial charge in [-0.05, 0) is 31.0 Å². The molecule has 1 aromatic carbocycles. The maximum absolute atomic E-state index is 11.9. The number of aryl methyl sites for hydroxylation is 1. The van der Waals surface area contributed by atoms with Gasteiger partial charge in [0.05, 0.1) is 16.6 Å². The fourth-order valence-electron chi connectivity index (χ4n) is 2.09. The summed E-state index contributed by atoms with van der Waals surface area (Å²) in [5.74, 6) is -1.01. The van der Waals surface area contributed by atoms with E-state index in [1.54, 1.807) is 10.6 Å². The molecule has 0 aliphatic rings. The number of aromatic nitrogens is 2. The number of nitrogens with zero attached hydrogens (tertiary/aromatic N) is 1. The summed E-state index contributed by atoms with van der Waals surface area (Å²) in [6.45, 7) is 3.93. The van der Waals surface area contributed by atoms with E-state index in [4.69, 9.17) is 9.84 Å². The molecular weight excluding hydrogens is 260 g/mol. The maximum Gasteiger partial charge on any atom is 0.335 e. The Bertz CT molecular complexity index is 657. The topological polar surface area (TPSA) is 84.3 Å². The number of carboxylic acid groups (broad SMARTS) is 1. The minimum Gasteiger partial charge on any atom is -0.478 e. The van der Waals surface area contributed by atoms with Crippen molar-refractivity contribution in [3.63, 3.8) is 0 Å². The highest BCUT2D eigenvalue weighted by Gasteiger charge is 2.09. The van der Waals surface area contributed by atoms with E-state index in [1.807, 2.05) is 6.92 Å². The second kappa shape index (κ2) is 6.38. The Labute approximate surface area is 116 Å². The molecule has 0 saturated heterocycles. The minimum atomic E-state index is -1.01. The van der Waals surface area contributed by atoms with E-state index in [0.717, 1.165) is 25.0 Å². The second-order valence-electron chi connectivity index (χ2n) is 4.58. The number of carboxylic acids is 1. The standard InChI is InChI=1S/C14H18N2O4/c1-2-7-20-8-3-6-16-12-5-4-10(13(17)18)9-11(12)15-14(16)19/h4-5,9H,2-3,6-8H2,1H3,(H,15,19)(H,17,18). The number of hydrogen-bond acceptors (Lipinski definition) is 3. The molecule has 0 saturated carbocycles. The number of hydrogen-bond donors (Lipinski definition) is 2. The molecule has 0 fully saturated rings. The molecule has 0 aliphatic carbocycles. The van der Waals surface area contributed by atoms with Crippen molar-refractivity contribution in [3.8, 4) is 0 Å². The van der Waals surface area contributed by atoms with Crippen LogP contribution in [0.5, 0.6) is 0 Å². The van der Waals surface area contributed by atoms with Crippen LogP contribution in [0.25, 0.3) is 11.0 Å². The summed E-state index contributed by atoms with van der Waals surface area (Å²) >= 11 is 0. The largest absolute Gasteiger partial charge is 0.478 e. The molecule has 20 heavy (non-hydrogen) atoms. The van der Waals surface area contributed by atoms with Crippen LogP contribution in [0.1, 0.15) is 30.1 Å². The van der Waals surface area contributed by atoms with E-state index in [-0.39, 0.29) is 11.3 Å². The molecule has 2 aromatic rings. The van der Waals surface area contributed by atoms with Crippen LogP contribution in [0, 0.1) is 0 Å². The van der Waals surface area contributed by atoms with Crippen LogP contribution in [-0.2, 0) is 11.3 Å². The van der Waals surface area contributed by atoms with E-state index >= 15 is 0 Å². The molecule has 2 N–H and O–H groups in total. The predicted molar refractivity (Wildman–Crippen MR) is 75.2 cm³/mol. The highest BCUT2D eigenvalue weighted by Crippen LogP contribution is 2.13. The van der Waals surface area contributed by atoms with Crippen molar-refractivity contribution in [1.29, 1.82) is 0 Å². The van der Waals surface area contributed by atoms with Gasteiger partial charge in [-0.3, -0.25) is 4.57 Å². The summed E-state index contributed by atoms with van der Waals surface area (Å²) in [7, 11) is 0. The molecule has 6 heteroatoms. The molecule has 0 amide bonds. The summed E-state index contributed by atoms with van der Waals surface area (Å²) in [6.07, 6.45) is 1.72. The van der Waals surface area contributed by atoms with Crippen molar-refractivity contribution in [2.75, 3.05) is 13.2 Å². The van der Waals surface area contributed by atoms with E-state index in [9.17, 15) is 9.59 Å². The monoisotopic (exact) mass is 278 g/mol. The van der Waals surface area contributed by atoms with Gasteiger partial charge in [0.25, 0.3) is 0 Å². The Morgan fingerprint density at radius 1 is 1.40 bits per heavy atom. The van der Waals surface area contributed by atoms with Crippen molar-refractivity contribution in [2.24, 2.45) is 0 Å². The highest BCUT2D eigenvalue weighted by molar-refractivity contribution is 5.92. The van der Waals surface area contributed by atoms with Crippen molar-refractivity contribution in [2.45, 2.75) is 26.3 Å². The minimum absolute atomic E-state index is 0.164. The first-order chi connectivity index (χ1) is 9.63. The van der Waals surface area contributed by atoms with E-state index < -0.39 is 5.97 Å². The van der Waals surface area contributed by atoms with Gasteiger partial charge in [0.2, 0.25) is 0 Å². The molecule has 2 rings (SSSR count). The molecule has 0 aliphatic heterocycles. The Kier molecular flexibility index (Phi) is 4.57. The summed E-state index contributed by atoms with van der Waals surface area (Å²) in [4.78, 5) is 25.4. The maximum atomic E-state index is 11.9. The summed E-state index contributed by atoms with van der Waals surface area (Å²) < 4.78 is 6.99. The van der Waals surface area contributed by atoms with Crippen LogP contribution in [0.3, 0.4) is 0 Å². The lowest BCUT2D eigenvalue weighted by atomic mass is 10.2. The van der Waals surface area contributed by atoms with E-state index in [0.29, 0.717) is 18.7 Å². The SMILES string of the molecule is CCCOCCCn1c(=O)[nH]c2cc(C(=O)O)ccc21. The third-order valence-electron chi connectivity index (χ3n) is 3.04. The zero-order chi connectivity index (χ0) is 14.5. The molecule has 108 valence electrons. The molecule has 0 spiro atoms. The Balaban J connectivity index is 2.15. The quantitative estimate of drug-likeness (QED) is 0.757. The molecule has 6 nitrogen and oxygen atoms in total. The zero-order valence-electron chi connectivity index (χ0n) is 11.4. The second-order valence-corrected chi connectivity index (χ2v) is 4.58. The summed E-state index contributed by atoms with van der Waals surface area (Å²) in [6, 6.07) is 4.63. The fraction of sp³-hybridized carbons (Fsp3) is 0.429. The Hall–Kier alpha value is -2.08. The normalized spacial score (nSPS) is 11.1. The van der Waals surface area contributed by atoms with Gasteiger partial charge in [-0.15, -0.1) is 0 Å². The van der Waals surface area contributed by atoms with Gasteiger partial charge < -0.3 is 14.8 Å². The van der Waals surface area contributed by atoms with Gasteiger partial charge in [0.1, 0.15) is 0 Å². The summed E-state index contributed by atoms with van der Waals surface area (Å²) in [5, 5.41) is 8.93. The lowest BCUT2D eigenvalue weighted by molar-refractivity contribution is 0.0697. The van der Waals surface area contributed by atoms with Crippen LogP contribution in [0.2, 0.25) is 0 Å². The first-order valence-corrected chi connectivity index (χ1v) is 6.67. The van der Waals surface area contributed by atoms with Gasteiger partial charge in [0, 0.05) is 19.8 Å². The number of aromatic carboxylic acids is 1. The average molecular weight is 278 g/mol. The zero-order valence-corrected chi connectivity index (χ0v) is 11.4. The fourth-order valence-corrected chi connectivity index (χ4v) is 2.09. The number of aromatic amines is 1. The highest BCUT2D eigenvalue weighted by atomic mass is 16.5. The third kappa shape index (κ3) is 3.08. The van der Waals surface area contributed by atoms with Gasteiger partial charge in [-0.25, -0.2) is 9.59 Å². The van der Waals surface area contributed by atoms with Gasteiger partial charge >= 0.3 is 11.7 Å². The average Bonchev–Trinajstić information content (AvgIpc) is 2.73. The van der Waals surface area contributed by atoms with E-state index in [1.165, 1.54) is 12.1 Å². The number of ether oxygens (including phenoxy) is 1. The lowest BCUT2D eigenvalue weighted by Gasteiger charge is -2.04. The lowest BCUT2D eigenvalue weighted by Crippen LogP contribution is -2.17. The van der Waals surface area contributed by atoms with Crippen molar-refractivity contribution in [1.82, 2.24) is 9.55 Å². The predicted octanol–water partition coefficient (Wildman–Crippen LogP) is 1.84. The Morgan fingerprint density at radius 3 is 2.90 bits per heavy atom. The third-order valence-corrected chi connectivity index (χ3v) is 3.04. The van der Waals surface area contributed by atoms with Crippen LogP contribution in [-0.4, -0.2) is 33.8 Å². The number of nitrogens with one attached hydrogen (secondary N) is 1. The molecule has 0 atom stereocenters. The molecule has 1 heterocycles. The van der Waals surface area contributed by atoms with Crippen LogP contribution < -0.4 is 5.69 Å². The van der Waals surface area contributed by atoms with Gasteiger partial charge in [-0.1, -0.05) is 6.92 Å². The number of rotatable bonds is 7. The number of carbonyl (C=O) groups is 1.